The lowest BCUT2D eigenvalue weighted by atomic mass is 10.2. The predicted molar refractivity (Wildman–Crippen MR) is 112 cm³/mol. The van der Waals surface area contributed by atoms with Gasteiger partial charge in [-0.05, 0) is 41.8 Å². The van der Waals surface area contributed by atoms with Crippen LogP contribution >= 0.6 is 22.9 Å². The Hall–Kier alpha value is -2.70. The molecule has 0 bridgehead atoms. The summed E-state index contributed by atoms with van der Waals surface area (Å²) in [6, 6.07) is 13.2. The normalized spacial score (nSPS) is 12.0. The number of halogens is 1. The number of amides is 1. The van der Waals surface area contributed by atoms with Gasteiger partial charge in [-0.25, -0.2) is 0 Å². The maximum absolute atomic E-state index is 12.4. The molecule has 0 atom stereocenters. The van der Waals surface area contributed by atoms with Crippen molar-refractivity contribution in [1.29, 1.82) is 0 Å². The van der Waals surface area contributed by atoms with Gasteiger partial charge in [0.25, 0.3) is 5.91 Å². The van der Waals surface area contributed by atoms with Crippen molar-refractivity contribution in [3.63, 3.8) is 0 Å². The number of aryl methyl sites for hydroxylation is 1. The number of carbonyl (C=O) groups excluding carboxylic acids is 2. The summed E-state index contributed by atoms with van der Waals surface area (Å²) in [6.45, 7) is 2.06. The molecule has 28 heavy (non-hydrogen) atoms. The second-order valence-electron chi connectivity index (χ2n) is 6.01. The van der Waals surface area contributed by atoms with Gasteiger partial charge < -0.3 is 9.30 Å². The van der Waals surface area contributed by atoms with Crippen molar-refractivity contribution < 1.29 is 14.3 Å². The monoisotopic (exact) mass is 414 g/mol. The van der Waals surface area contributed by atoms with Gasteiger partial charge in [0.15, 0.2) is 4.80 Å². The summed E-state index contributed by atoms with van der Waals surface area (Å²) in [5.74, 6) is -0.833. The Morgan fingerprint density at radius 2 is 2.04 bits per heavy atom. The molecule has 0 saturated heterocycles. The summed E-state index contributed by atoms with van der Waals surface area (Å²) in [6.07, 6.45) is 3.89. The minimum atomic E-state index is -0.430. The van der Waals surface area contributed by atoms with Gasteiger partial charge in [-0.1, -0.05) is 54.1 Å². The summed E-state index contributed by atoms with van der Waals surface area (Å²) in [5, 5.41) is 0.557. The first kappa shape index (κ1) is 20.0. The fraction of sp³-hybridized carbons (Fsp3) is 0.190. The highest BCUT2D eigenvalue weighted by molar-refractivity contribution is 7.16. The topological polar surface area (TPSA) is 60.7 Å². The Labute approximate surface area is 171 Å². The molecule has 5 nitrogen and oxygen atoms in total. The average Bonchev–Trinajstić information content (AvgIpc) is 3.03. The van der Waals surface area contributed by atoms with Crippen LogP contribution in [-0.4, -0.2) is 23.6 Å². The molecule has 1 aromatic heterocycles. The molecule has 0 radical (unpaired) electrons. The number of ether oxygens (including phenoxy) is 1. The second-order valence-corrected chi connectivity index (χ2v) is 7.42. The van der Waals surface area contributed by atoms with Crippen molar-refractivity contribution in [3.8, 4) is 0 Å². The summed E-state index contributed by atoms with van der Waals surface area (Å²) in [7, 11) is 1.33. The van der Waals surface area contributed by atoms with E-state index in [9.17, 15) is 9.59 Å². The lowest BCUT2D eigenvalue weighted by Gasteiger charge is -2.04. The van der Waals surface area contributed by atoms with Crippen molar-refractivity contribution in [1.82, 2.24) is 4.57 Å². The van der Waals surface area contributed by atoms with E-state index in [4.69, 9.17) is 16.3 Å². The van der Waals surface area contributed by atoms with E-state index in [1.807, 2.05) is 30.3 Å². The van der Waals surface area contributed by atoms with Crippen LogP contribution in [0.5, 0.6) is 0 Å². The fourth-order valence-electron chi connectivity index (χ4n) is 2.67. The standard InChI is InChI=1S/C21H19ClN2O3S/c1-3-14-8-10-17-18(12-14)28-21(24(17)13-20(26)27-2)23-19(25)11-9-15-6-4-5-7-16(15)22/h4-12H,3,13H2,1-2H3/b11-9+,23-21?. The number of fused-ring (bicyclic) bond motifs is 1. The van der Waals surface area contributed by atoms with Gasteiger partial charge in [-0.15, -0.1) is 0 Å². The van der Waals surface area contributed by atoms with Gasteiger partial charge in [0.2, 0.25) is 0 Å². The van der Waals surface area contributed by atoms with E-state index in [1.54, 1.807) is 16.7 Å². The van der Waals surface area contributed by atoms with E-state index in [0.29, 0.717) is 9.82 Å². The number of rotatable bonds is 5. The number of carbonyl (C=O) groups is 2. The molecule has 0 aliphatic rings. The Morgan fingerprint density at radius 1 is 1.25 bits per heavy atom. The molecule has 0 saturated carbocycles. The average molecular weight is 415 g/mol. The van der Waals surface area contributed by atoms with E-state index < -0.39 is 11.9 Å². The summed E-state index contributed by atoms with van der Waals surface area (Å²) < 4.78 is 7.45. The quantitative estimate of drug-likeness (QED) is 0.463. The molecular weight excluding hydrogens is 396 g/mol. The van der Waals surface area contributed by atoms with Gasteiger partial charge in [0.05, 0.1) is 17.3 Å². The van der Waals surface area contributed by atoms with Gasteiger partial charge in [0, 0.05) is 11.1 Å². The van der Waals surface area contributed by atoms with Gasteiger partial charge >= 0.3 is 5.97 Å². The third-order valence-corrected chi connectivity index (χ3v) is 5.57. The first-order valence-corrected chi connectivity index (χ1v) is 9.91. The Kier molecular flexibility index (Phi) is 6.44. The summed E-state index contributed by atoms with van der Waals surface area (Å²) in [4.78, 5) is 28.9. The molecule has 0 spiro atoms. The number of hydrogen-bond acceptors (Lipinski definition) is 4. The summed E-state index contributed by atoms with van der Waals surface area (Å²) >= 11 is 7.47. The van der Waals surface area contributed by atoms with Gasteiger partial charge in [0.1, 0.15) is 6.54 Å². The van der Waals surface area contributed by atoms with Gasteiger partial charge in [-0.3, -0.25) is 9.59 Å². The van der Waals surface area contributed by atoms with Crippen LogP contribution in [0.3, 0.4) is 0 Å². The highest BCUT2D eigenvalue weighted by Gasteiger charge is 2.11. The Morgan fingerprint density at radius 3 is 2.75 bits per heavy atom. The highest BCUT2D eigenvalue weighted by atomic mass is 35.5. The summed E-state index contributed by atoms with van der Waals surface area (Å²) in [5.41, 5.74) is 2.75. The molecule has 1 heterocycles. The van der Waals surface area contributed by atoms with Gasteiger partial charge in [-0.2, -0.15) is 4.99 Å². The second kappa shape index (κ2) is 8.99. The zero-order chi connectivity index (χ0) is 20.1. The molecule has 0 fully saturated rings. The number of hydrogen-bond donors (Lipinski definition) is 0. The smallest absolute Gasteiger partial charge is 0.325 e. The van der Waals surface area contributed by atoms with Crippen LogP contribution in [0, 0.1) is 0 Å². The van der Waals surface area contributed by atoms with E-state index in [1.165, 1.54) is 30.1 Å². The molecule has 2 aromatic carbocycles. The maximum atomic E-state index is 12.4. The molecule has 0 unspecified atom stereocenters. The highest BCUT2D eigenvalue weighted by Crippen LogP contribution is 2.20. The molecule has 1 amide bonds. The molecule has 7 heteroatoms. The number of thiazole rings is 1. The molecular formula is C21H19ClN2O3S. The van der Waals surface area contributed by atoms with Crippen LogP contribution in [0.15, 0.2) is 53.5 Å². The minimum absolute atomic E-state index is 0.0116. The number of benzene rings is 2. The number of methoxy groups -OCH3 is 1. The molecule has 0 aliphatic carbocycles. The zero-order valence-electron chi connectivity index (χ0n) is 15.5. The fourth-order valence-corrected chi connectivity index (χ4v) is 3.97. The lowest BCUT2D eigenvalue weighted by Crippen LogP contribution is -2.22. The first-order chi connectivity index (χ1) is 13.5. The third kappa shape index (κ3) is 4.58. The maximum Gasteiger partial charge on any atom is 0.325 e. The SMILES string of the molecule is CCc1ccc2c(c1)sc(=NC(=O)/C=C/c1ccccc1Cl)n2CC(=O)OC. The zero-order valence-corrected chi connectivity index (χ0v) is 17.1. The Balaban J connectivity index is 2.02. The predicted octanol–water partition coefficient (Wildman–Crippen LogP) is 4.23. The van der Waals surface area contributed by atoms with Crippen LogP contribution in [0.25, 0.3) is 16.3 Å². The first-order valence-electron chi connectivity index (χ1n) is 8.72. The van der Waals surface area contributed by atoms with E-state index in [-0.39, 0.29) is 6.54 Å². The van der Waals surface area contributed by atoms with Crippen LogP contribution in [-0.2, 0) is 27.3 Å². The van der Waals surface area contributed by atoms with Crippen LogP contribution in [0.1, 0.15) is 18.1 Å². The van der Waals surface area contributed by atoms with E-state index >= 15 is 0 Å². The van der Waals surface area contributed by atoms with Crippen molar-refractivity contribution >= 4 is 51.1 Å². The van der Waals surface area contributed by atoms with Crippen molar-refractivity contribution in [2.24, 2.45) is 4.99 Å². The van der Waals surface area contributed by atoms with E-state index in [0.717, 1.165) is 22.2 Å². The van der Waals surface area contributed by atoms with Crippen LogP contribution in [0.2, 0.25) is 5.02 Å². The largest absolute Gasteiger partial charge is 0.468 e. The number of aromatic nitrogens is 1. The lowest BCUT2D eigenvalue weighted by molar-refractivity contribution is -0.141. The van der Waals surface area contributed by atoms with Crippen molar-refractivity contribution in [2.45, 2.75) is 19.9 Å². The molecule has 3 rings (SSSR count). The molecule has 3 aromatic rings. The molecule has 0 N–H and O–H groups in total. The molecule has 144 valence electrons. The third-order valence-electron chi connectivity index (χ3n) is 4.19. The molecule has 0 aliphatic heterocycles. The number of nitrogens with zero attached hydrogens (tertiary/aromatic N) is 2. The Bertz CT molecular complexity index is 1130. The van der Waals surface area contributed by atoms with Crippen LogP contribution < -0.4 is 4.80 Å². The minimum Gasteiger partial charge on any atom is -0.468 e. The van der Waals surface area contributed by atoms with Crippen LogP contribution in [0.4, 0.5) is 0 Å². The number of esters is 1. The van der Waals surface area contributed by atoms with Crippen molar-refractivity contribution in [3.05, 3.63) is 69.5 Å². The van der Waals surface area contributed by atoms with Crippen molar-refractivity contribution in [2.75, 3.05) is 7.11 Å². The van der Waals surface area contributed by atoms with E-state index in [2.05, 4.69) is 18.0 Å².